The molecule has 0 saturated carbocycles. The number of hydrogen-bond donors (Lipinski definition) is 1. The number of nitrogens with zero attached hydrogens (tertiary/aromatic N) is 3. The fourth-order valence-electron chi connectivity index (χ4n) is 6.80. The van der Waals surface area contributed by atoms with Gasteiger partial charge in [-0.15, -0.1) is 0 Å². The highest BCUT2D eigenvalue weighted by molar-refractivity contribution is 6.05. The number of benzene rings is 1. The summed E-state index contributed by atoms with van der Waals surface area (Å²) >= 11 is 0. The third kappa shape index (κ3) is 4.26. The number of fused-ring (bicyclic) bond motifs is 2. The Labute approximate surface area is 230 Å². The van der Waals surface area contributed by atoms with Gasteiger partial charge in [-0.1, -0.05) is 24.3 Å². The summed E-state index contributed by atoms with van der Waals surface area (Å²) in [6.45, 7) is 9.66. The van der Waals surface area contributed by atoms with Crippen molar-refractivity contribution in [1.82, 2.24) is 4.90 Å². The predicted molar refractivity (Wildman–Crippen MR) is 147 cm³/mol. The van der Waals surface area contributed by atoms with E-state index in [1.54, 1.807) is 24.8 Å². The maximum atomic E-state index is 14.4. The number of aliphatic hydroxyl groups is 1. The van der Waals surface area contributed by atoms with Crippen LogP contribution in [0.2, 0.25) is 0 Å². The molecule has 6 atom stereocenters. The Morgan fingerprint density at radius 1 is 1.05 bits per heavy atom. The van der Waals surface area contributed by atoms with Crippen LogP contribution in [0.25, 0.3) is 0 Å². The molecule has 4 aliphatic rings. The highest BCUT2D eigenvalue weighted by Crippen LogP contribution is 2.57. The van der Waals surface area contributed by atoms with E-state index in [9.17, 15) is 19.5 Å². The van der Waals surface area contributed by atoms with E-state index in [0.29, 0.717) is 18.5 Å². The Morgan fingerprint density at radius 3 is 2.44 bits per heavy atom. The molecular formula is C30H39N3O6. The largest absolute Gasteiger partial charge is 0.465 e. The van der Waals surface area contributed by atoms with Crippen molar-refractivity contribution in [2.45, 2.75) is 63.8 Å². The van der Waals surface area contributed by atoms with Gasteiger partial charge in [0.1, 0.15) is 17.6 Å². The molecule has 1 spiro atoms. The zero-order valence-electron chi connectivity index (χ0n) is 23.2. The molecule has 1 N–H and O–H groups in total. The average Bonchev–Trinajstić information content (AvgIpc) is 3.29. The monoisotopic (exact) mass is 537 g/mol. The van der Waals surface area contributed by atoms with E-state index in [4.69, 9.17) is 9.47 Å². The number of rotatable bonds is 6. The third-order valence-corrected chi connectivity index (χ3v) is 8.72. The summed E-state index contributed by atoms with van der Waals surface area (Å²) in [6.07, 6.45) is 8.88. The number of esters is 1. The van der Waals surface area contributed by atoms with Gasteiger partial charge < -0.3 is 29.3 Å². The zero-order chi connectivity index (χ0) is 27.9. The smallest absolute Gasteiger partial charge is 0.313 e. The van der Waals surface area contributed by atoms with Crippen molar-refractivity contribution in [2.24, 2.45) is 11.8 Å². The van der Waals surface area contributed by atoms with Gasteiger partial charge in [-0.05, 0) is 64.8 Å². The number of amides is 2. The van der Waals surface area contributed by atoms with Gasteiger partial charge in [0.15, 0.2) is 0 Å². The minimum absolute atomic E-state index is 0.260. The van der Waals surface area contributed by atoms with Crippen molar-refractivity contribution in [3.63, 3.8) is 0 Å². The molecule has 0 radical (unpaired) electrons. The van der Waals surface area contributed by atoms with E-state index in [1.807, 2.05) is 42.5 Å². The summed E-state index contributed by atoms with van der Waals surface area (Å²) in [5.41, 5.74) is -0.736. The van der Waals surface area contributed by atoms with Gasteiger partial charge in [0.25, 0.3) is 5.91 Å². The molecule has 2 amide bonds. The first kappa shape index (κ1) is 27.4. The highest BCUT2D eigenvalue weighted by atomic mass is 16.6. The summed E-state index contributed by atoms with van der Waals surface area (Å²) in [7, 11) is 0. The number of anilines is 2. The maximum absolute atomic E-state index is 14.4. The average molecular weight is 538 g/mol. The molecular weight excluding hydrogens is 498 g/mol. The Kier molecular flexibility index (Phi) is 7.33. The van der Waals surface area contributed by atoms with Crippen molar-refractivity contribution < 1.29 is 29.0 Å². The molecule has 210 valence electrons. The van der Waals surface area contributed by atoms with Gasteiger partial charge in [0.05, 0.1) is 30.8 Å². The summed E-state index contributed by atoms with van der Waals surface area (Å²) < 4.78 is 12.4. The second-order valence-electron chi connectivity index (χ2n) is 11.0. The van der Waals surface area contributed by atoms with Crippen LogP contribution in [0, 0.1) is 11.8 Å². The van der Waals surface area contributed by atoms with Crippen LogP contribution in [0.15, 0.2) is 48.6 Å². The van der Waals surface area contributed by atoms with Crippen LogP contribution >= 0.6 is 0 Å². The SMILES string of the molecule is CCN(CC)c1ccc(N2CC=C[C@]34O[C@@]5(C)/C=C\CCCOC(=O)[C@H]5[C@H]3C(=O)N([C@H](C)CO)C4C2=O)cc1. The second kappa shape index (κ2) is 10.4. The van der Waals surface area contributed by atoms with Gasteiger partial charge in [-0.3, -0.25) is 14.4 Å². The van der Waals surface area contributed by atoms with Crippen LogP contribution in [0.5, 0.6) is 0 Å². The molecule has 1 aromatic carbocycles. The fourth-order valence-corrected chi connectivity index (χ4v) is 6.80. The molecule has 9 heteroatoms. The molecule has 2 saturated heterocycles. The van der Waals surface area contributed by atoms with Crippen molar-refractivity contribution in [2.75, 3.05) is 42.6 Å². The minimum Gasteiger partial charge on any atom is -0.465 e. The first-order valence-electron chi connectivity index (χ1n) is 14.0. The van der Waals surface area contributed by atoms with Crippen molar-refractivity contribution in [3.8, 4) is 0 Å². The Hall–Kier alpha value is -3.17. The van der Waals surface area contributed by atoms with Crippen molar-refractivity contribution in [3.05, 3.63) is 48.6 Å². The number of aliphatic hydroxyl groups excluding tert-OH is 1. The van der Waals surface area contributed by atoms with Gasteiger partial charge in [0, 0.05) is 31.0 Å². The van der Waals surface area contributed by atoms with Crippen LogP contribution < -0.4 is 9.80 Å². The number of hydrogen-bond acceptors (Lipinski definition) is 7. The Balaban J connectivity index is 1.59. The van der Waals surface area contributed by atoms with Crippen LogP contribution in [-0.2, 0) is 23.9 Å². The quantitative estimate of drug-likeness (QED) is 0.440. The summed E-state index contributed by atoms with van der Waals surface area (Å²) in [4.78, 5) is 47.3. The van der Waals surface area contributed by atoms with E-state index in [1.165, 1.54) is 4.90 Å². The molecule has 4 aliphatic heterocycles. The molecule has 2 fully saturated rings. The number of likely N-dealkylation sites (tertiary alicyclic amines) is 1. The van der Waals surface area contributed by atoms with Gasteiger partial charge >= 0.3 is 5.97 Å². The lowest BCUT2D eigenvalue weighted by Gasteiger charge is -2.39. The molecule has 1 aromatic rings. The lowest BCUT2D eigenvalue weighted by Crippen LogP contribution is -2.58. The summed E-state index contributed by atoms with van der Waals surface area (Å²) in [5.74, 6) is -3.06. The van der Waals surface area contributed by atoms with Crippen LogP contribution in [0.1, 0.15) is 40.5 Å². The first-order chi connectivity index (χ1) is 18.7. The topological polar surface area (TPSA) is 99.6 Å². The predicted octanol–water partition coefficient (Wildman–Crippen LogP) is 2.68. The second-order valence-corrected chi connectivity index (χ2v) is 11.0. The van der Waals surface area contributed by atoms with Crippen molar-refractivity contribution in [1.29, 1.82) is 0 Å². The third-order valence-electron chi connectivity index (χ3n) is 8.72. The van der Waals surface area contributed by atoms with E-state index in [0.717, 1.165) is 18.8 Å². The van der Waals surface area contributed by atoms with Crippen LogP contribution in [-0.4, -0.2) is 83.9 Å². The van der Waals surface area contributed by atoms with E-state index < -0.39 is 41.1 Å². The van der Waals surface area contributed by atoms with Gasteiger partial charge in [-0.25, -0.2) is 0 Å². The lowest BCUT2D eigenvalue weighted by atomic mass is 9.74. The minimum atomic E-state index is -1.38. The number of ether oxygens (including phenoxy) is 2. The molecule has 1 unspecified atom stereocenters. The summed E-state index contributed by atoms with van der Waals surface area (Å²) in [5, 5.41) is 10.1. The van der Waals surface area contributed by atoms with Crippen LogP contribution in [0.4, 0.5) is 11.4 Å². The molecule has 5 rings (SSSR count). The molecule has 9 nitrogen and oxygen atoms in total. The molecule has 0 bridgehead atoms. The Bertz CT molecular complexity index is 1180. The normalized spacial score (nSPS) is 33.8. The number of allylic oxidation sites excluding steroid dienone is 1. The van der Waals surface area contributed by atoms with E-state index in [2.05, 4.69) is 18.7 Å². The summed E-state index contributed by atoms with van der Waals surface area (Å²) in [6, 6.07) is 6.13. The van der Waals surface area contributed by atoms with Crippen LogP contribution in [0.3, 0.4) is 0 Å². The van der Waals surface area contributed by atoms with E-state index in [-0.39, 0.29) is 31.6 Å². The lowest BCUT2D eigenvalue weighted by molar-refractivity contribution is -0.159. The molecule has 0 aliphatic carbocycles. The van der Waals surface area contributed by atoms with E-state index >= 15 is 0 Å². The highest BCUT2D eigenvalue weighted by Gasteiger charge is 2.75. The fraction of sp³-hybridized carbons (Fsp3) is 0.567. The zero-order valence-corrected chi connectivity index (χ0v) is 23.2. The number of carbonyl (C=O) groups excluding carboxylic acids is 3. The van der Waals surface area contributed by atoms with Crippen molar-refractivity contribution >= 4 is 29.2 Å². The molecule has 39 heavy (non-hydrogen) atoms. The number of cyclic esters (lactones) is 1. The number of carbonyl (C=O) groups is 3. The first-order valence-corrected chi connectivity index (χ1v) is 14.0. The molecule has 4 heterocycles. The molecule has 0 aromatic heterocycles. The standard InChI is InChI=1S/C30H39N3O6/c1-5-31(6-2)21-11-13-22(14-12-21)32-17-10-16-30-23(26(35)33(20(3)19-34)25(30)27(32)36)24-28(37)38-18-9-7-8-15-29(24,4)39-30/h8,10-16,20,23-25,34H,5-7,9,17-19H2,1-4H3/b15-8-/t20-,23+,24-,25?,29+,30+/m1/s1. The van der Waals surface area contributed by atoms with Gasteiger partial charge in [0.2, 0.25) is 5.91 Å². The maximum Gasteiger partial charge on any atom is 0.313 e. The Morgan fingerprint density at radius 2 is 1.77 bits per heavy atom. The van der Waals surface area contributed by atoms with Gasteiger partial charge in [-0.2, -0.15) is 0 Å².